The molecule has 2 fully saturated rings. The van der Waals surface area contributed by atoms with E-state index in [1.165, 1.54) is 11.1 Å². The summed E-state index contributed by atoms with van der Waals surface area (Å²) in [4.78, 5) is 30.0. The van der Waals surface area contributed by atoms with E-state index in [0.29, 0.717) is 47.9 Å². The molecule has 1 aromatic heterocycles. The van der Waals surface area contributed by atoms with Crippen LogP contribution in [0.3, 0.4) is 0 Å². The Hall–Kier alpha value is -2.69. The van der Waals surface area contributed by atoms with Crippen LogP contribution in [0.2, 0.25) is 0 Å². The molecule has 2 aromatic rings. The lowest BCUT2D eigenvalue weighted by Crippen LogP contribution is -2.44. The zero-order chi connectivity index (χ0) is 22.3. The Labute approximate surface area is 190 Å². The average Bonchev–Trinajstić information content (AvgIpc) is 3.07. The number of methoxy groups -OCH3 is 1. The smallest absolute Gasteiger partial charge is 0.225 e. The van der Waals surface area contributed by atoms with Gasteiger partial charge in [0.05, 0.1) is 7.11 Å². The van der Waals surface area contributed by atoms with E-state index < -0.39 is 0 Å². The Morgan fingerprint density at radius 1 is 1.25 bits per heavy atom. The van der Waals surface area contributed by atoms with Gasteiger partial charge in [0.15, 0.2) is 0 Å². The Kier molecular flexibility index (Phi) is 5.52. The van der Waals surface area contributed by atoms with Gasteiger partial charge in [-0.05, 0) is 73.0 Å². The van der Waals surface area contributed by atoms with Crippen LogP contribution in [0.15, 0.2) is 42.6 Å². The van der Waals surface area contributed by atoms with Gasteiger partial charge in [0.1, 0.15) is 17.4 Å². The predicted molar refractivity (Wildman–Crippen MR) is 124 cm³/mol. The number of Topliss-reactive ketones (excluding diaryl/α,β-unsaturated/α-hetero) is 1. The molecular formula is C27H32N2O3. The van der Waals surface area contributed by atoms with Gasteiger partial charge in [-0.3, -0.25) is 9.59 Å². The van der Waals surface area contributed by atoms with Crippen LogP contribution in [0.25, 0.3) is 0 Å². The molecule has 2 saturated carbocycles. The molecule has 1 amide bonds. The normalized spacial score (nSPS) is 30.8. The van der Waals surface area contributed by atoms with Crippen molar-refractivity contribution in [3.05, 3.63) is 53.7 Å². The van der Waals surface area contributed by atoms with Crippen molar-refractivity contribution in [2.24, 2.45) is 23.2 Å². The maximum absolute atomic E-state index is 13.1. The summed E-state index contributed by atoms with van der Waals surface area (Å²) in [6.07, 6.45) is 7.76. The molecule has 1 heterocycles. The van der Waals surface area contributed by atoms with Crippen molar-refractivity contribution in [1.29, 1.82) is 0 Å². The highest BCUT2D eigenvalue weighted by molar-refractivity contribution is 5.90. The molecule has 0 spiro atoms. The molecule has 3 aliphatic carbocycles. The monoisotopic (exact) mass is 432 g/mol. The fourth-order valence-corrected chi connectivity index (χ4v) is 6.97. The van der Waals surface area contributed by atoms with Crippen molar-refractivity contribution in [2.75, 3.05) is 12.4 Å². The minimum atomic E-state index is -0.219. The van der Waals surface area contributed by atoms with E-state index in [0.717, 1.165) is 32.1 Å². The maximum atomic E-state index is 13.1. The highest BCUT2D eigenvalue weighted by Crippen LogP contribution is 2.62. The molecule has 3 aliphatic rings. The van der Waals surface area contributed by atoms with E-state index in [-0.39, 0.29) is 17.2 Å². The topological polar surface area (TPSA) is 68.3 Å². The number of nitrogens with zero attached hydrogens (tertiary/aromatic N) is 1. The third-order valence-electron chi connectivity index (χ3n) is 8.46. The van der Waals surface area contributed by atoms with Gasteiger partial charge in [0, 0.05) is 30.5 Å². The highest BCUT2D eigenvalue weighted by atomic mass is 16.5. The third-order valence-corrected chi connectivity index (χ3v) is 8.46. The predicted octanol–water partition coefficient (Wildman–Crippen LogP) is 5.16. The van der Waals surface area contributed by atoms with Gasteiger partial charge >= 0.3 is 0 Å². The van der Waals surface area contributed by atoms with E-state index >= 15 is 0 Å². The number of rotatable bonds is 5. The number of aromatic nitrogens is 1. The van der Waals surface area contributed by atoms with Gasteiger partial charge in [-0.15, -0.1) is 0 Å². The molecule has 168 valence electrons. The average molecular weight is 433 g/mol. The Morgan fingerprint density at radius 3 is 2.94 bits per heavy atom. The van der Waals surface area contributed by atoms with E-state index in [1.54, 1.807) is 25.4 Å². The summed E-state index contributed by atoms with van der Waals surface area (Å²) in [6, 6.07) is 12.3. The number of hydrogen-bond acceptors (Lipinski definition) is 4. The Balaban J connectivity index is 1.30. The van der Waals surface area contributed by atoms with Crippen LogP contribution < -0.4 is 10.1 Å². The fourth-order valence-electron chi connectivity index (χ4n) is 6.97. The number of carbonyl (C=O) groups excluding carboxylic acids is 2. The zero-order valence-corrected chi connectivity index (χ0v) is 19.0. The van der Waals surface area contributed by atoms with Crippen LogP contribution in [0.5, 0.6) is 5.75 Å². The summed E-state index contributed by atoms with van der Waals surface area (Å²) >= 11 is 0. The third kappa shape index (κ3) is 3.62. The molecule has 0 aliphatic heterocycles. The number of ketones is 1. The standard InChI is InChI=1S/C27H32N2O3/c1-27-13-11-21-20-6-4-3-5-17(20)7-9-22(21)26(27)18(15-23(27)30)8-10-25(31)29-24-16-19(32-2)12-14-28-24/h3-6,12,14,16,18,21-22,26H,7-11,13,15H2,1-2H3,(H,28,29,31)/t18-,21?,22?,26?,27-/m1/s1. The van der Waals surface area contributed by atoms with Crippen molar-refractivity contribution >= 4 is 17.5 Å². The molecule has 5 nitrogen and oxygen atoms in total. The lowest BCUT2D eigenvalue weighted by atomic mass is 9.54. The number of anilines is 1. The quantitative estimate of drug-likeness (QED) is 0.709. The van der Waals surface area contributed by atoms with Crippen LogP contribution in [0.1, 0.15) is 62.5 Å². The summed E-state index contributed by atoms with van der Waals surface area (Å²) in [7, 11) is 1.59. The number of nitrogens with one attached hydrogen (secondary N) is 1. The number of pyridine rings is 1. The lowest BCUT2D eigenvalue weighted by molar-refractivity contribution is -0.129. The fraction of sp³-hybridized carbons (Fsp3) is 0.519. The van der Waals surface area contributed by atoms with Gasteiger partial charge in [0.25, 0.3) is 0 Å². The van der Waals surface area contributed by atoms with Gasteiger partial charge < -0.3 is 10.1 Å². The number of aryl methyl sites for hydroxylation is 1. The van der Waals surface area contributed by atoms with E-state index in [1.807, 2.05) is 0 Å². The summed E-state index contributed by atoms with van der Waals surface area (Å²) in [6.45, 7) is 2.21. The molecule has 5 atom stereocenters. The summed E-state index contributed by atoms with van der Waals surface area (Å²) in [5.41, 5.74) is 2.78. The van der Waals surface area contributed by atoms with Crippen LogP contribution in [0.4, 0.5) is 5.82 Å². The zero-order valence-electron chi connectivity index (χ0n) is 19.0. The second kappa shape index (κ2) is 8.34. The molecule has 1 N–H and O–H groups in total. The molecule has 5 heteroatoms. The van der Waals surface area contributed by atoms with Crippen LogP contribution >= 0.6 is 0 Å². The van der Waals surface area contributed by atoms with Crippen LogP contribution in [-0.2, 0) is 16.0 Å². The SMILES string of the molecule is COc1ccnc(NC(=O)CC[C@@H]2CC(=O)[C@@]3(C)CCC4c5ccccc5CCC4C23)c1. The molecule has 32 heavy (non-hydrogen) atoms. The first kappa shape index (κ1) is 21.2. The molecule has 0 radical (unpaired) electrons. The van der Waals surface area contributed by atoms with Crippen molar-refractivity contribution in [3.63, 3.8) is 0 Å². The van der Waals surface area contributed by atoms with Gasteiger partial charge in [-0.2, -0.15) is 0 Å². The molecule has 0 bridgehead atoms. The number of ether oxygens (including phenoxy) is 1. The first-order valence-corrected chi connectivity index (χ1v) is 11.9. The Morgan fingerprint density at radius 2 is 2.09 bits per heavy atom. The van der Waals surface area contributed by atoms with E-state index in [9.17, 15) is 9.59 Å². The van der Waals surface area contributed by atoms with E-state index in [2.05, 4.69) is 41.5 Å². The van der Waals surface area contributed by atoms with Crippen molar-refractivity contribution in [3.8, 4) is 5.75 Å². The summed E-state index contributed by atoms with van der Waals surface area (Å²) in [5, 5.41) is 2.89. The van der Waals surface area contributed by atoms with Gasteiger partial charge in [-0.25, -0.2) is 4.98 Å². The number of carbonyl (C=O) groups is 2. The first-order chi connectivity index (χ1) is 15.5. The summed E-state index contributed by atoms with van der Waals surface area (Å²) in [5.74, 6) is 3.30. The number of fused-ring (bicyclic) bond motifs is 5. The molecule has 1 aromatic carbocycles. The van der Waals surface area contributed by atoms with Gasteiger partial charge in [-0.1, -0.05) is 31.2 Å². The lowest BCUT2D eigenvalue weighted by Gasteiger charge is -2.50. The maximum Gasteiger partial charge on any atom is 0.225 e. The Bertz CT molecular complexity index is 1040. The van der Waals surface area contributed by atoms with Crippen molar-refractivity contribution in [2.45, 2.75) is 57.8 Å². The first-order valence-electron chi connectivity index (χ1n) is 11.9. The number of amides is 1. The van der Waals surface area contributed by atoms with Gasteiger partial charge in [0.2, 0.25) is 5.91 Å². The summed E-state index contributed by atoms with van der Waals surface area (Å²) < 4.78 is 5.21. The van der Waals surface area contributed by atoms with E-state index in [4.69, 9.17) is 4.74 Å². The molecule has 3 unspecified atom stereocenters. The minimum Gasteiger partial charge on any atom is -0.497 e. The molecular weight excluding hydrogens is 400 g/mol. The van der Waals surface area contributed by atoms with Crippen molar-refractivity contribution in [1.82, 2.24) is 4.98 Å². The largest absolute Gasteiger partial charge is 0.497 e. The van der Waals surface area contributed by atoms with Crippen LogP contribution in [0, 0.1) is 23.2 Å². The van der Waals surface area contributed by atoms with Crippen molar-refractivity contribution < 1.29 is 14.3 Å². The minimum absolute atomic E-state index is 0.0480. The number of hydrogen-bond donors (Lipinski definition) is 1. The molecule has 5 rings (SSSR count). The second-order valence-electron chi connectivity index (χ2n) is 10.0. The number of benzene rings is 1. The second-order valence-corrected chi connectivity index (χ2v) is 10.0. The molecule has 0 saturated heterocycles. The highest BCUT2D eigenvalue weighted by Gasteiger charge is 2.58. The van der Waals surface area contributed by atoms with Crippen LogP contribution in [-0.4, -0.2) is 23.8 Å².